The van der Waals surface area contributed by atoms with E-state index in [1.165, 1.54) is 35.0 Å². The Balaban J connectivity index is 1.72. The zero-order valence-electron chi connectivity index (χ0n) is 14.9. The summed E-state index contributed by atoms with van der Waals surface area (Å²) < 4.78 is 20.1. The van der Waals surface area contributed by atoms with Gasteiger partial charge in [0, 0.05) is 12.1 Å². The van der Waals surface area contributed by atoms with Gasteiger partial charge in [0.2, 0.25) is 5.88 Å². The number of halogens is 1. The van der Waals surface area contributed by atoms with Crippen LogP contribution in [0.15, 0.2) is 59.4 Å². The molecule has 1 heterocycles. The minimum absolute atomic E-state index is 0.0687. The molecule has 1 N–H and O–H groups in total. The summed E-state index contributed by atoms with van der Waals surface area (Å²) in [6.07, 6.45) is 0. The highest BCUT2D eigenvalue weighted by Gasteiger charge is 2.09. The van der Waals surface area contributed by atoms with Crippen molar-refractivity contribution in [3.05, 3.63) is 81.9 Å². The monoisotopic (exact) mass is 367 g/mol. The van der Waals surface area contributed by atoms with Crippen LogP contribution < -0.4 is 15.6 Å². The van der Waals surface area contributed by atoms with Crippen LogP contribution in [-0.2, 0) is 4.79 Å². The molecule has 6 nitrogen and oxygen atoms in total. The topological polar surface area (TPSA) is 73.2 Å². The number of carbonyl (C=O) groups excluding carboxylic acids is 1. The highest BCUT2D eigenvalue weighted by atomic mass is 19.1. The van der Waals surface area contributed by atoms with Gasteiger partial charge in [0.25, 0.3) is 11.5 Å². The third-order valence-electron chi connectivity index (χ3n) is 4.01. The number of benzene rings is 2. The maximum atomic E-state index is 13.6. The third kappa shape index (κ3) is 4.38. The molecule has 0 radical (unpaired) electrons. The van der Waals surface area contributed by atoms with Crippen LogP contribution in [-0.4, -0.2) is 22.3 Å². The van der Waals surface area contributed by atoms with Gasteiger partial charge in [-0.1, -0.05) is 18.2 Å². The van der Waals surface area contributed by atoms with Crippen LogP contribution in [0.5, 0.6) is 5.88 Å². The van der Waals surface area contributed by atoms with Crippen molar-refractivity contribution in [1.82, 2.24) is 9.78 Å². The molecule has 0 aliphatic rings. The summed E-state index contributed by atoms with van der Waals surface area (Å²) in [7, 11) is 0. The van der Waals surface area contributed by atoms with Crippen molar-refractivity contribution in [2.75, 3.05) is 11.9 Å². The van der Waals surface area contributed by atoms with E-state index in [1.54, 1.807) is 12.1 Å². The molecule has 0 aliphatic heterocycles. The fraction of sp³-hybridized carbons (Fsp3) is 0.150. The van der Waals surface area contributed by atoms with E-state index in [9.17, 15) is 14.0 Å². The van der Waals surface area contributed by atoms with E-state index in [4.69, 9.17) is 4.74 Å². The van der Waals surface area contributed by atoms with E-state index in [2.05, 4.69) is 10.4 Å². The molecule has 0 fully saturated rings. The number of carbonyl (C=O) groups is 1. The van der Waals surface area contributed by atoms with Crippen LogP contribution in [0.4, 0.5) is 10.1 Å². The van der Waals surface area contributed by atoms with Crippen molar-refractivity contribution < 1.29 is 13.9 Å². The molecule has 0 spiro atoms. The second-order valence-corrected chi connectivity index (χ2v) is 6.01. The Morgan fingerprint density at radius 2 is 1.89 bits per heavy atom. The Morgan fingerprint density at radius 3 is 2.63 bits per heavy atom. The number of aromatic nitrogens is 2. The SMILES string of the molecule is Cc1ccc(-n2nc(OCC(=O)Nc3ccccc3F)ccc2=O)cc1C. The average molecular weight is 367 g/mol. The molecule has 0 aliphatic carbocycles. The summed E-state index contributed by atoms with van der Waals surface area (Å²) in [5.74, 6) is -0.963. The summed E-state index contributed by atoms with van der Waals surface area (Å²) in [6, 6.07) is 14.1. The van der Waals surface area contributed by atoms with E-state index in [1.807, 2.05) is 26.0 Å². The molecule has 1 aromatic heterocycles. The van der Waals surface area contributed by atoms with Gasteiger partial charge in [-0.2, -0.15) is 4.68 Å². The molecule has 7 heteroatoms. The molecule has 0 bridgehead atoms. The average Bonchev–Trinajstić information content (AvgIpc) is 2.65. The number of amides is 1. The van der Waals surface area contributed by atoms with Crippen LogP contribution in [0.1, 0.15) is 11.1 Å². The molecule has 138 valence electrons. The first kappa shape index (κ1) is 18.3. The van der Waals surface area contributed by atoms with E-state index in [0.29, 0.717) is 5.69 Å². The molecular weight excluding hydrogens is 349 g/mol. The first-order valence-corrected chi connectivity index (χ1v) is 8.29. The molecule has 0 saturated heterocycles. The van der Waals surface area contributed by atoms with Crippen LogP contribution in [0.25, 0.3) is 5.69 Å². The third-order valence-corrected chi connectivity index (χ3v) is 4.01. The summed E-state index contributed by atoms with van der Waals surface area (Å²) in [6.45, 7) is 3.55. The van der Waals surface area contributed by atoms with E-state index >= 15 is 0 Å². The van der Waals surface area contributed by atoms with Gasteiger partial charge in [0.05, 0.1) is 11.4 Å². The summed E-state index contributed by atoms with van der Waals surface area (Å²) >= 11 is 0. The smallest absolute Gasteiger partial charge is 0.271 e. The van der Waals surface area contributed by atoms with Crippen molar-refractivity contribution in [3.63, 3.8) is 0 Å². The second-order valence-electron chi connectivity index (χ2n) is 6.01. The fourth-order valence-corrected chi connectivity index (χ4v) is 2.40. The van der Waals surface area contributed by atoms with Gasteiger partial charge in [-0.15, -0.1) is 5.10 Å². The van der Waals surface area contributed by atoms with Crippen molar-refractivity contribution in [3.8, 4) is 11.6 Å². The highest BCUT2D eigenvalue weighted by Crippen LogP contribution is 2.14. The van der Waals surface area contributed by atoms with Crippen molar-refractivity contribution >= 4 is 11.6 Å². The second kappa shape index (κ2) is 7.82. The fourth-order valence-electron chi connectivity index (χ4n) is 2.40. The minimum atomic E-state index is -0.536. The van der Waals surface area contributed by atoms with Gasteiger partial charge in [-0.3, -0.25) is 9.59 Å². The molecule has 3 rings (SSSR count). The quantitative estimate of drug-likeness (QED) is 0.752. The van der Waals surface area contributed by atoms with Crippen molar-refractivity contribution in [2.45, 2.75) is 13.8 Å². The minimum Gasteiger partial charge on any atom is -0.467 e. The van der Waals surface area contributed by atoms with E-state index < -0.39 is 11.7 Å². The summed E-state index contributed by atoms with van der Waals surface area (Å²) in [4.78, 5) is 24.1. The molecule has 0 unspecified atom stereocenters. The molecule has 3 aromatic rings. The lowest BCUT2D eigenvalue weighted by atomic mass is 10.1. The van der Waals surface area contributed by atoms with E-state index in [-0.39, 0.29) is 23.7 Å². The standard InChI is InChI=1S/C20H18FN3O3/c1-13-7-8-15(11-14(13)2)24-20(26)10-9-19(23-24)27-12-18(25)22-17-6-4-3-5-16(17)21/h3-11H,12H2,1-2H3,(H,22,25). The highest BCUT2D eigenvalue weighted by molar-refractivity contribution is 5.91. The zero-order valence-corrected chi connectivity index (χ0v) is 14.9. The van der Waals surface area contributed by atoms with Crippen LogP contribution in [0, 0.1) is 19.7 Å². The Bertz CT molecular complexity index is 1050. The lowest BCUT2D eigenvalue weighted by Crippen LogP contribution is -2.24. The van der Waals surface area contributed by atoms with Gasteiger partial charge >= 0.3 is 0 Å². The normalized spacial score (nSPS) is 10.5. The summed E-state index contributed by atoms with van der Waals surface area (Å²) in [5, 5.41) is 6.55. The van der Waals surface area contributed by atoms with Crippen LogP contribution in [0.3, 0.4) is 0 Å². The number of anilines is 1. The number of aryl methyl sites for hydroxylation is 2. The van der Waals surface area contributed by atoms with Crippen LogP contribution in [0.2, 0.25) is 0 Å². The summed E-state index contributed by atoms with van der Waals surface area (Å²) in [5.41, 5.74) is 2.48. The lowest BCUT2D eigenvalue weighted by molar-refractivity contribution is -0.118. The number of hydrogen-bond donors (Lipinski definition) is 1. The van der Waals surface area contributed by atoms with Crippen LogP contribution >= 0.6 is 0 Å². The zero-order chi connectivity index (χ0) is 19.4. The maximum absolute atomic E-state index is 13.6. The van der Waals surface area contributed by atoms with Crippen molar-refractivity contribution in [1.29, 1.82) is 0 Å². The molecular formula is C20H18FN3O3. The predicted octanol–water partition coefficient (Wildman–Crippen LogP) is 3.01. The number of nitrogens with zero attached hydrogens (tertiary/aromatic N) is 2. The maximum Gasteiger partial charge on any atom is 0.271 e. The number of para-hydroxylation sites is 1. The Labute approximate surface area is 155 Å². The van der Waals surface area contributed by atoms with Gasteiger partial charge in [0.15, 0.2) is 6.61 Å². The molecule has 2 aromatic carbocycles. The lowest BCUT2D eigenvalue weighted by Gasteiger charge is -2.10. The predicted molar refractivity (Wildman–Crippen MR) is 99.8 cm³/mol. The van der Waals surface area contributed by atoms with Crippen molar-refractivity contribution in [2.24, 2.45) is 0 Å². The Hall–Kier alpha value is -3.48. The Morgan fingerprint density at radius 1 is 1.11 bits per heavy atom. The van der Waals surface area contributed by atoms with Gasteiger partial charge in [-0.25, -0.2) is 4.39 Å². The first-order chi connectivity index (χ1) is 12.9. The van der Waals surface area contributed by atoms with Gasteiger partial charge in [0.1, 0.15) is 5.82 Å². The molecule has 0 atom stereocenters. The number of ether oxygens (including phenoxy) is 1. The molecule has 0 saturated carbocycles. The number of nitrogens with one attached hydrogen (secondary N) is 1. The largest absolute Gasteiger partial charge is 0.467 e. The molecule has 1 amide bonds. The molecule has 27 heavy (non-hydrogen) atoms. The number of hydrogen-bond acceptors (Lipinski definition) is 4. The van der Waals surface area contributed by atoms with Gasteiger partial charge in [-0.05, 0) is 49.2 Å². The number of rotatable bonds is 5. The first-order valence-electron chi connectivity index (χ1n) is 8.29. The Kier molecular flexibility index (Phi) is 5.30. The van der Waals surface area contributed by atoms with Gasteiger partial charge < -0.3 is 10.1 Å². The van der Waals surface area contributed by atoms with E-state index in [0.717, 1.165) is 11.1 Å².